The van der Waals surface area contributed by atoms with Crippen molar-refractivity contribution in [2.45, 2.75) is 31.3 Å². The van der Waals surface area contributed by atoms with Crippen LogP contribution < -0.4 is 4.90 Å². The van der Waals surface area contributed by atoms with E-state index in [1.807, 2.05) is 0 Å². The van der Waals surface area contributed by atoms with Gasteiger partial charge in [0.05, 0.1) is 26.6 Å². The monoisotopic (exact) mass is 198 g/mol. The molecule has 2 rings (SSSR count). The van der Waals surface area contributed by atoms with Crippen LogP contribution in [0.25, 0.3) is 0 Å². The summed E-state index contributed by atoms with van der Waals surface area (Å²) < 4.78 is 4.69. The van der Waals surface area contributed by atoms with E-state index >= 15 is 0 Å². The molecule has 0 saturated carbocycles. The molecule has 2 bridgehead atoms. The number of piperidine rings is 1. The Hall–Kier alpha value is -0.900. The number of ether oxygens (including phenoxy) is 1. The third-order valence-electron chi connectivity index (χ3n) is 3.71. The Morgan fingerprint density at radius 3 is 2.86 bits per heavy atom. The Kier molecular flexibility index (Phi) is 2.31. The van der Waals surface area contributed by atoms with Gasteiger partial charge in [-0.1, -0.05) is 0 Å². The summed E-state index contributed by atoms with van der Waals surface area (Å²) in [5, 5.41) is 0. The molecule has 0 aromatic rings. The van der Waals surface area contributed by atoms with Crippen molar-refractivity contribution in [2.24, 2.45) is 5.92 Å². The minimum atomic E-state index is -0.501. The number of carbonyl (C=O) groups is 2. The molecule has 14 heavy (non-hydrogen) atoms. The van der Waals surface area contributed by atoms with E-state index in [0.717, 1.165) is 12.8 Å². The van der Waals surface area contributed by atoms with Crippen LogP contribution in [0.5, 0.6) is 0 Å². The second-order valence-electron chi connectivity index (χ2n) is 4.30. The molecule has 4 unspecified atom stereocenters. The molecule has 78 valence electrons. The van der Waals surface area contributed by atoms with Crippen molar-refractivity contribution < 1.29 is 19.2 Å². The highest BCUT2D eigenvalue weighted by molar-refractivity contribution is 6.00. The lowest BCUT2D eigenvalue weighted by Crippen LogP contribution is -3.16. The van der Waals surface area contributed by atoms with Gasteiger partial charge in [-0.15, -0.1) is 0 Å². The fourth-order valence-corrected chi connectivity index (χ4v) is 2.85. The van der Waals surface area contributed by atoms with Crippen molar-refractivity contribution in [1.82, 2.24) is 0 Å². The highest BCUT2D eigenvalue weighted by atomic mass is 16.5. The van der Waals surface area contributed by atoms with Crippen LogP contribution in [0, 0.1) is 5.92 Å². The largest absolute Gasteiger partial charge is 0.468 e. The molecular weight excluding hydrogens is 182 g/mol. The van der Waals surface area contributed by atoms with Crippen molar-refractivity contribution in [3.8, 4) is 0 Å². The number of fused-ring (bicyclic) bond motifs is 2. The number of Topliss-reactive ketones (excluding diaryl/α,β-unsaturated/α-hetero) is 1. The van der Waals surface area contributed by atoms with Crippen LogP contribution in [0.3, 0.4) is 0 Å². The molecule has 2 saturated heterocycles. The molecule has 0 radical (unpaired) electrons. The van der Waals surface area contributed by atoms with Gasteiger partial charge in [0.2, 0.25) is 0 Å². The fraction of sp³-hybridized carbons (Fsp3) is 0.800. The number of esters is 1. The number of ketones is 1. The predicted octanol–water partition coefficient (Wildman–Crippen LogP) is -1.21. The quantitative estimate of drug-likeness (QED) is 0.425. The molecule has 4 atom stereocenters. The van der Waals surface area contributed by atoms with E-state index < -0.39 is 5.92 Å². The number of nitrogens with one attached hydrogen (secondary N) is 1. The highest BCUT2D eigenvalue weighted by Gasteiger charge is 2.52. The van der Waals surface area contributed by atoms with Gasteiger partial charge in [-0.3, -0.25) is 9.59 Å². The predicted molar refractivity (Wildman–Crippen MR) is 48.8 cm³/mol. The van der Waals surface area contributed by atoms with Crippen LogP contribution in [0.15, 0.2) is 0 Å². The number of hydrogen-bond acceptors (Lipinski definition) is 3. The van der Waals surface area contributed by atoms with Crippen LogP contribution in [0.4, 0.5) is 0 Å². The molecule has 1 N–H and O–H groups in total. The Balaban J connectivity index is 2.22. The van der Waals surface area contributed by atoms with Gasteiger partial charge in [-0.05, 0) is 0 Å². The maximum absolute atomic E-state index is 11.7. The number of rotatable bonds is 1. The summed E-state index contributed by atoms with van der Waals surface area (Å²) in [6.07, 6.45) is 2.58. The number of quaternary nitrogens is 1. The summed E-state index contributed by atoms with van der Waals surface area (Å²) >= 11 is 0. The van der Waals surface area contributed by atoms with E-state index in [9.17, 15) is 9.59 Å². The summed E-state index contributed by atoms with van der Waals surface area (Å²) in [5.41, 5.74) is 0. The lowest BCUT2D eigenvalue weighted by Gasteiger charge is -2.31. The molecular formula is C10H16NO3+. The zero-order valence-corrected chi connectivity index (χ0v) is 8.58. The Bertz CT molecular complexity index is 277. The van der Waals surface area contributed by atoms with E-state index in [2.05, 4.69) is 11.8 Å². The second kappa shape index (κ2) is 3.35. The van der Waals surface area contributed by atoms with Crippen molar-refractivity contribution in [2.75, 3.05) is 14.2 Å². The van der Waals surface area contributed by atoms with Crippen molar-refractivity contribution in [3.63, 3.8) is 0 Å². The van der Waals surface area contributed by atoms with E-state index in [4.69, 9.17) is 0 Å². The van der Waals surface area contributed by atoms with E-state index in [1.54, 1.807) is 0 Å². The first-order valence-electron chi connectivity index (χ1n) is 5.09. The number of carbonyl (C=O) groups excluding carboxylic acids is 2. The van der Waals surface area contributed by atoms with E-state index in [0.29, 0.717) is 12.5 Å². The topological polar surface area (TPSA) is 47.8 Å². The van der Waals surface area contributed by atoms with Gasteiger partial charge in [0, 0.05) is 12.8 Å². The van der Waals surface area contributed by atoms with Crippen molar-refractivity contribution >= 4 is 11.8 Å². The van der Waals surface area contributed by atoms with Crippen LogP contribution >= 0.6 is 0 Å². The van der Waals surface area contributed by atoms with Gasteiger partial charge in [0.1, 0.15) is 6.04 Å². The molecule has 4 heteroatoms. The molecule has 2 heterocycles. The van der Waals surface area contributed by atoms with Crippen molar-refractivity contribution in [1.29, 1.82) is 0 Å². The molecule has 0 spiro atoms. The standard InChI is InChI=1S/C10H15NO3/c1-11-6-3-4-7(11)9(8(12)5-6)10(13)14-2/h6-7,9H,3-5H2,1-2H3/p+1. The zero-order chi connectivity index (χ0) is 10.3. The Labute approximate surface area is 83.2 Å². The van der Waals surface area contributed by atoms with Gasteiger partial charge < -0.3 is 9.64 Å². The lowest BCUT2D eigenvalue weighted by molar-refractivity contribution is -0.920. The normalized spacial score (nSPS) is 41.1. The van der Waals surface area contributed by atoms with Gasteiger partial charge in [0.15, 0.2) is 11.7 Å². The summed E-state index contributed by atoms with van der Waals surface area (Å²) in [6.45, 7) is 0. The van der Waals surface area contributed by atoms with Crippen LogP contribution in [-0.4, -0.2) is 38.0 Å². The molecule has 0 aliphatic carbocycles. The molecule has 2 aliphatic rings. The SMILES string of the molecule is COC(=O)C1C(=O)CC2CCC1[NH+]2C. The highest BCUT2D eigenvalue weighted by Crippen LogP contribution is 2.25. The third-order valence-corrected chi connectivity index (χ3v) is 3.71. The molecule has 2 aliphatic heterocycles. The molecule has 0 amide bonds. The summed E-state index contributed by atoms with van der Waals surface area (Å²) in [6, 6.07) is 0.599. The van der Waals surface area contributed by atoms with Gasteiger partial charge >= 0.3 is 5.97 Å². The Morgan fingerprint density at radius 1 is 1.50 bits per heavy atom. The third kappa shape index (κ3) is 1.25. The lowest BCUT2D eigenvalue weighted by atomic mass is 9.89. The maximum Gasteiger partial charge on any atom is 0.322 e. The first-order chi connectivity index (χ1) is 6.65. The van der Waals surface area contributed by atoms with Gasteiger partial charge in [0.25, 0.3) is 0 Å². The summed E-state index contributed by atoms with van der Waals surface area (Å²) in [5.74, 6) is -0.770. The minimum Gasteiger partial charge on any atom is -0.468 e. The first kappa shape index (κ1) is 9.65. The van der Waals surface area contributed by atoms with Crippen molar-refractivity contribution in [3.05, 3.63) is 0 Å². The average molecular weight is 198 g/mol. The van der Waals surface area contributed by atoms with Crippen LogP contribution in [0.2, 0.25) is 0 Å². The molecule has 0 aromatic heterocycles. The van der Waals surface area contributed by atoms with E-state index in [1.165, 1.54) is 12.0 Å². The molecule has 0 aromatic carbocycles. The summed E-state index contributed by atoms with van der Waals surface area (Å²) in [7, 11) is 3.43. The maximum atomic E-state index is 11.7. The summed E-state index contributed by atoms with van der Waals surface area (Å²) in [4.78, 5) is 24.5. The van der Waals surface area contributed by atoms with Gasteiger partial charge in [-0.25, -0.2) is 0 Å². The van der Waals surface area contributed by atoms with E-state index in [-0.39, 0.29) is 17.8 Å². The van der Waals surface area contributed by atoms with Gasteiger partial charge in [-0.2, -0.15) is 0 Å². The smallest absolute Gasteiger partial charge is 0.322 e. The fourth-order valence-electron chi connectivity index (χ4n) is 2.85. The van der Waals surface area contributed by atoms with Crippen LogP contribution in [0.1, 0.15) is 19.3 Å². The van der Waals surface area contributed by atoms with Crippen LogP contribution in [-0.2, 0) is 14.3 Å². The minimum absolute atomic E-state index is 0.0787. The average Bonchev–Trinajstić information content (AvgIpc) is 2.42. The molecule has 2 fully saturated rings. The molecule has 4 nitrogen and oxygen atoms in total. The zero-order valence-electron chi connectivity index (χ0n) is 8.58. The second-order valence-corrected chi connectivity index (χ2v) is 4.30. The number of methoxy groups -OCH3 is 1. The number of hydrogen-bond donors (Lipinski definition) is 1. The Morgan fingerprint density at radius 2 is 2.21 bits per heavy atom. The first-order valence-corrected chi connectivity index (χ1v) is 5.09.